The van der Waals surface area contributed by atoms with Crippen LogP contribution in [-0.2, 0) is 9.47 Å². The normalized spacial score (nSPS) is 22.8. The third-order valence-electron chi connectivity index (χ3n) is 6.63. The summed E-state index contributed by atoms with van der Waals surface area (Å²) in [5.41, 5.74) is 0.328. The van der Waals surface area contributed by atoms with E-state index in [9.17, 15) is 0 Å². The Bertz CT molecular complexity index is 804. The minimum absolute atomic E-state index is 0.238. The Morgan fingerprint density at radius 2 is 0.933 bits per heavy atom. The summed E-state index contributed by atoms with van der Waals surface area (Å²) < 4.78 is 12.9. The molecule has 3 aromatic rings. The Morgan fingerprint density at radius 3 is 1.23 bits per heavy atom. The molecular formula is C27H30O2P+. The van der Waals surface area contributed by atoms with Gasteiger partial charge in [-0.05, 0) is 62.1 Å². The SMILES string of the molecule is c1ccc([P+](c2ccccc2)(c2ccccc2)C(C2CCCO2)C2CCCO2)cc1. The van der Waals surface area contributed by atoms with Crippen LogP contribution in [0.1, 0.15) is 25.7 Å². The van der Waals surface area contributed by atoms with Crippen LogP contribution in [0.25, 0.3) is 0 Å². The fraction of sp³-hybridized carbons (Fsp3) is 0.333. The molecule has 3 aromatic carbocycles. The van der Waals surface area contributed by atoms with E-state index in [2.05, 4.69) is 91.0 Å². The van der Waals surface area contributed by atoms with Crippen molar-refractivity contribution in [2.75, 3.05) is 13.2 Å². The van der Waals surface area contributed by atoms with Crippen LogP contribution in [0, 0.1) is 0 Å². The molecular weight excluding hydrogens is 387 g/mol. The zero-order valence-corrected chi connectivity index (χ0v) is 18.3. The molecule has 2 aliphatic heterocycles. The van der Waals surface area contributed by atoms with E-state index in [0.29, 0.717) is 5.66 Å². The average molecular weight is 418 g/mol. The average Bonchev–Trinajstić information content (AvgIpc) is 3.54. The van der Waals surface area contributed by atoms with Crippen LogP contribution in [0.3, 0.4) is 0 Å². The molecule has 2 saturated heterocycles. The molecule has 0 amide bonds. The second-order valence-electron chi connectivity index (χ2n) is 8.32. The van der Waals surface area contributed by atoms with Crippen LogP contribution in [0.5, 0.6) is 0 Å². The standard InChI is InChI=1S/C27H30O2P/c1-4-12-22(13-5-1)30(23-14-6-2-7-15-23,24-16-8-3-9-17-24)27(25-18-10-20-28-25)26-19-11-21-29-26/h1-9,12-17,25-27H,10-11,18-21H2/q+1. The lowest BCUT2D eigenvalue weighted by atomic mass is 10.1. The highest BCUT2D eigenvalue weighted by atomic mass is 31.2. The van der Waals surface area contributed by atoms with Crippen molar-refractivity contribution in [2.45, 2.75) is 43.6 Å². The van der Waals surface area contributed by atoms with Crippen molar-refractivity contribution in [3.8, 4) is 0 Å². The molecule has 2 unspecified atom stereocenters. The summed E-state index contributed by atoms with van der Waals surface area (Å²) in [5.74, 6) is 0. The number of hydrogen-bond acceptors (Lipinski definition) is 2. The van der Waals surface area contributed by atoms with Gasteiger partial charge in [0.05, 0.1) is 12.2 Å². The van der Waals surface area contributed by atoms with Crippen LogP contribution < -0.4 is 15.9 Å². The predicted octanol–water partition coefficient (Wildman–Crippen LogP) is 4.71. The Balaban J connectivity index is 1.82. The largest absolute Gasteiger partial charge is 0.374 e. The maximum atomic E-state index is 6.45. The summed E-state index contributed by atoms with van der Waals surface area (Å²) in [6.07, 6.45) is 5.01. The monoisotopic (exact) mass is 417 g/mol. The van der Waals surface area contributed by atoms with Crippen molar-refractivity contribution >= 4 is 23.2 Å². The van der Waals surface area contributed by atoms with Crippen LogP contribution >= 0.6 is 7.26 Å². The Morgan fingerprint density at radius 1 is 0.567 bits per heavy atom. The fourth-order valence-corrected chi connectivity index (χ4v) is 10.8. The van der Waals surface area contributed by atoms with Gasteiger partial charge in [-0.2, -0.15) is 0 Å². The first kappa shape index (κ1) is 19.9. The van der Waals surface area contributed by atoms with Gasteiger partial charge in [0.15, 0.2) is 0 Å². The van der Waals surface area contributed by atoms with Gasteiger partial charge in [0.1, 0.15) is 28.8 Å². The molecule has 30 heavy (non-hydrogen) atoms. The first-order valence-electron chi connectivity index (χ1n) is 11.2. The zero-order chi connectivity index (χ0) is 20.2. The van der Waals surface area contributed by atoms with Crippen molar-refractivity contribution in [1.29, 1.82) is 0 Å². The summed E-state index contributed by atoms with van der Waals surface area (Å²) in [5, 5.41) is 4.29. The lowest BCUT2D eigenvalue weighted by Gasteiger charge is -2.39. The first-order chi connectivity index (χ1) is 14.9. The molecule has 2 nitrogen and oxygen atoms in total. The molecule has 5 rings (SSSR count). The third-order valence-corrected chi connectivity index (χ3v) is 11.5. The van der Waals surface area contributed by atoms with Crippen molar-refractivity contribution < 1.29 is 9.47 Å². The quantitative estimate of drug-likeness (QED) is 0.541. The molecule has 2 heterocycles. The molecule has 0 aliphatic carbocycles. The molecule has 0 bridgehead atoms. The highest BCUT2D eigenvalue weighted by Crippen LogP contribution is 2.63. The van der Waals surface area contributed by atoms with Gasteiger partial charge in [-0.1, -0.05) is 54.6 Å². The smallest absolute Gasteiger partial charge is 0.136 e. The van der Waals surface area contributed by atoms with Crippen molar-refractivity contribution in [1.82, 2.24) is 0 Å². The highest BCUT2D eigenvalue weighted by Gasteiger charge is 2.59. The molecule has 2 fully saturated rings. The summed E-state index contributed by atoms with van der Waals surface area (Å²) in [6.45, 7) is 1.73. The minimum Gasteiger partial charge on any atom is -0.374 e. The second kappa shape index (κ2) is 9.02. The Kier molecular flexibility index (Phi) is 6.00. The lowest BCUT2D eigenvalue weighted by Crippen LogP contribution is -2.49. The molecule has 0 aromatic heterocycles. The lowest BCUT2D eigenvalue weighted by molar-refractivity contribution is 0.0414. The Hall–Kier alpha value is -1.99. The molecule has 0 saturated carbocycles. The number of hydrogen-bond donors (Lipinski definition) is 0. The molecule has 0 spiro atoms. The van der Waals surface area contributed by atoms with E-state index in [4.69, 9.17) is 9.47 Å². The van der Waals surface area contributed by atoms with E-state index in [1.165, 1.54) is 15.9 Å². The van der Waals surface area contributed by atoms with Gasteiger partial charge in [0.2, 0.25) is 0 Å². The van der Waals surface area contributed by atoms with Gasteiger partial charge in [-0.25, -0.2) is 0 Å². The summed E-state index contributed by atoms with van der Waals surface area (Å²) in [4.78, 5) is 0. The molecule has 0 N–H and O–H groups in total. The zero-order valence-electron chi connectivity index (χ0n) is 17.4. The fourth-order valence-electron chi connectivity index (χ4n) is 5.44. The van der Waals surface area contributed by atoms with E-state index in [1.807, 2.05) is 0 Å². The van der Waals surface area contributed by atoms with Crippen LogP contribution in [0.15, 0.2) is 91.0 Å². The summed E-state index contributed by atoms with van der Waals surface area (Å²) >= 11 is 0. The minimum atomic E-state index is -2.01. The van der Waals surface area contributed by atoms with Gasteiger partial charge < -0.3 is 9.47 Å². The van der Waals surface area contributed by atoms with E-state index in [-0.39, 0.29) is 12.2 Å². The first-order valence-corrected chi connectivity index (χ1v) is 13.1. The van der Waals surface area contributed by atoms with Gasteiger partial charge in [0.25, 0.3) is 0 Å². The van der Waals surface area contributed by atoms with E-state index in [0.717, 1.165) is 38.9 Å². The number of benzene rings is 3. The van der Waals surface area contributed by atoms with Crippen molar-refractivity contribution in [3.05, 3.63) is 91.0 Å². The van der Waals surface area contributed by atoms with Gasteiger partial charge >= 0.3 is 0 Å². The number of rotatable bonds is 6. The summed E-state index contributed by atoms with van der Waals surface area (Å²) in [7, 11) is -2.01. The van der Waals surface area contributed by atoms with E-state index in [1.54, 1.807) is 0 Å². The highest BCUT2D eigenvalue weighted by molar-refractivity contribution is 7.96. The Labute approximate surface area is 180 Å². The maximum Gasteiger partial charge on any atom is 0.136 e. The van der Waals surface area contributed by atoms with E-state index < -0.39 is 7.26 Å². The van der Waals surface area contributed by atoms with Crippen LogP contribution in [0.4, 0.5) is 0 Å². The second-order valence-corrected chi connectivity index (χ2v) is 11.9. The van der Waals surface area contributed by atoms with E-state index >= 15 is 0 Å². The number of ether oxygens (including phenoxy) is 2. The van der Waals surface area contributed by atoms with Crippen molar-refractivity contribution in [2.24, 2.45) is 0 Å². The van der Waals surface area contributed by atoms with Gasteiger partial charge in [0, 0.05) is 13.2 Å². The van der Waals surface area contributed by atoms with Crippen LogP contribution in [-0.4, -0.2) is 31.1 Å². The maximum absolute atomic E-state index is 6.45. The molecule has 3 heteroatoms. The topological polar surface area (TPSA) is 18.5 Å². The van der Waals surface area contributed by atoms with Crippen LogP contribution in [0.2, 0.25) is 0 Å². The van der Waals surface area contributed by atoms with Crippen molar-refractivity contribution in [3.63, 3.8) is 0 Å². The van der Waals surface area contributed by atoms with Gasteiger partial charge in [-0.3, -0.25) is 0 Å². The summed E-state index contributed by atoms with van der Waals surface area (Å²) in [6, 6.07) is 33.6. The third kappa shape index (κ3) is 3.52. The molecule has 154 valence electrons. The molecule has 2 aliphatic rings. The molecule has 2 atom stereocenters. The predicted molar refractivity (Wildman–Crippen MR) is 127 cm³/mol. The van der Waals surface area contributed by atoms with Gasteiger partial charge in [-0.15, -0.1) is 0 Å². The molecule has 0 radical (unpaired) electrons.